The van der Waals surface area contributed by atoms with E-state index in [1.807, 2.05) is 6.92 Å². The van der Waals surface area contributed by atoms with Crippen LogP contribution in [0.25, 0.3) is 0 Å². The van der Waals surface area contributed by atoms with Crippen molar-refractivity contribution in [2.24, 2.45) is 11.8 Å². The fraction of sp³-hybridized carbons (Fsp3) is 0.864. The fourth-order valence-electron chi connectivity index (χ4n) is 3.11. The van der Waals surface area contributed by atoms with Gasteiger partial charge in [0.15, 0.2) is 0 Å². The van der Waals surface area contributed by atoms with Crippen molar-refractivity contribution in [3.63, 3.8) is 0 Å². The lowest BCUT2D eigenvalue weighted by molar-refractivity contribution is -0.132. The first-order valence-electron chi connectivity index (χ1n) is 11.1. The summed E-state index contributed by atoms with van der Waals surface area (Å²) < 4.78 is 0. The van der Waals surface area contributed by atoms with E-state index in [1.54, 1.807) is 0 Å². The topological polar surface area (TPSA) is 75.3 Å². The number of hydrogen-bond acceptors (Lipinski definition) is 3. The summed E-state index contributed by atoms with van der Waals surface area (Å²) in [7, 11) is 0. The summed E-state index contributed by atoms with van der Waals surface area (Å²) in [6, 6.07) is 0. The van der Waals surface area contributed by atoms with Crippen LogP contribution in [0.15, 0.2) is 0 Å². The number of rotatable bonds is 17. The van der Waals surface area contributed by atoms with Gasteiger partial charge in [-0.2, -0.15) is 0 Å². The molecule has 0 rings (SSSR count). The van der Waals surface area contributed by atoms with Gasteiger partial charge in [-0.15, -0.1) is 0 Å². The third-order valence-electron chi connectivity index (χ3n) is 5.07. The molecular weight excluding hydrogens is 340 g/mol. The molecule has 5 heteroatoms. The zero-order chi connectivity index (χ0) is 20.5. The van der Waals surface area contributed by atoms with Crippen molar-refractivity contribution in [1.29, 1.82) is 0 Å². The molecule has 0 saturated heterocycles. The van der Waals surface area contributed by atoms with Crippen LogP contribution in [-0.4, -0.2) is 30.7 Å². The largest absolute Gasteiger partial charge is 0.356 e. The van der Waals surface area contributed by atoms with Crippen molar-refractivity contribution >= 4 is 17.6 Å². The maximum absolute atomic E-state index is 12.7. The molecule has 0 radical (unpaired) electrons. The van der Waals surface area contributed by atoms with Gasteiger partial charge in [0.05, 0.1) is 0 Å². The van der Waals surface area contributed by atoms with Crippen LogP contribution in [0.4, 0.5) is 0 Å². The SMILES string of the molecule is CCCCNC(=O)CCC(CC(=O)C(CC)CCCC)C(=O)NCCCC. The van der Waals surface area contributed by atoms with Crippen molar-refractivity contribution in [3.8, 4) is 0 Å². The Kier molecular flexibility index (Phi) is 15.9. The molecule has 0 aliphatic rings. The number of Topliss-reactive ketones (excluding diaryl/α,β-unsaturated/α-hetero) is 1. The van der Waals surface area contributed by atoms with Crippen molar-refractivity contribution in [1.82, 2.24) is 10.6 Å². The second-order valence-electron chi connectivity index (χ2n) is 7.50. The van der Waals surface area contributed by atoms with E-state index in [0.29, 0.717) is 25.9 Å². The van der Waals surface area contributed by atoms with Gasteiger partial charge in [0, 0.05) is 37.8 Å². The van der Waals surface area contributed by atoms with Gasteiger partial charge < -0.3 is 10.6 Å². The Hall–Kier alpha value is -1.39. The summed E-state index contributed by atoms with van der Waals surface area (Å²) in [5.41, 5.74) is 0. The molecule has 2 N–H and O–H groups in total. The number of unbranched alkanes of at least 4 members (excludes halogenated alkanes) is 3. The average molecular weight is 383 g/mol. The van der Waals surface area contributed by atoms with Gasteiger partial charge in [-0.25, -0.2) is 0 Å². The summed E-state index contributed by atoms with van der Waals surface area (Å²) in [6.45, 7) is 9.63. The molecule has 2 amide bonds. The average Bonchev–Trinajstić information content (AvgIpc) is 2.65. The molecule has 0 spiro atoms. The molecule has 0 aromatic rings. The Morgan fingerprint density at radius 1 is 0.741 bits per heavy atom. The number of nitrogens with one attached hydrogen (secondary N) is 2. The van der Waals surface area contributed by atoms with Crippen LogP contribution in [0.3, 0.4) is 0 Å². The highest BCUT2D eigenvalue weighted by Gasteiger charge is 2.26. The van der Waals surface area contributed by atoms with E-state index in [2.05, 4.69) is 31.4 Å². The molecule has 2 unspecified atom stereocenters. The van der Waals surface area contributed by atoms with E-state index in [4.69, 9.17) is 0 Å². The first-order valence-corrected chi connectivity index (χ1v) is 11.1. The standard InChI is InChI=1S/C22H42N2O3/c1-5-9-12-18(8-4)20(25)17-19(22(27)24-16-11-7-3)13-14-21(26)23-15-10-6-2/h18-19H,5-17H2,1-4H3,(H,23,26)(H,24,27). The maximum Gasteiger partial charge on any atom is 0.223 e. The number of ketones is 1. The molecule has 0 saturated carbocycles. The smallest absolute Gasteiger partial charge is 0.223 e. The zero-order valence-corrected chi connectivity index (χ0v) is 18.1. The summed E-state index contributed by atoms with van der Waals surface area (Å²) in [5.74, 6) is -0.298. The maximum atomic E-state index is 12.7. The molecule has 5 nitrogen and oxygen atoms in total. The first kappa shape index (κ1) is 25.6. The summed E-state index contributed by atoms with van der Waals surface area (Å²) in [4.78, 5) is 37.3. The lowest BCUT2D eigenvalue weighted by Gasteiger charge is -2.19. The van der Waals surface area contributed by atoms with E-state index in [9.17, 15) is 14.4 Å². The Balaban J connectivity index is 4.73. The number of hydrogen-bond donors (Lipinski definition) is 2. The normalized spacial score (nSPS) is 13.0. The number of amides is 2. The van der Waals surface area contributed by atoms with Crippen molar-refractivity contribution in [3.05, 3.63) is 0 Å². The van der Waals surface area contributed by atoms with Crippen molar-refractivity contribution in [2.75, 3.05) is 13.1 Å². The second-order valence-corrected chi connectivity index (χ2v) is 7.50. The molecular formula is C22H42N2O3. The molecule has 0 fully saturated rings. The lowest BCUT2D eigenvalue weighted by atomic mass is 9.87. The van der Waals surface area contributed by atoms with Gasteiger partial charge in [0.2, 0.25) is 11.8 Å². The van der Waals surface area contributed by atoms with Gasteiger partial charge in [0.1, 0.15) is 5.78 Å². The zero-order valence-electron chi connectivity index (χ0n) is 18.1. The van der Waals surface area contributed by atoms with E-state index in [0.717, 1.165) is 51.4 Å². The van der Waals surface area contributed by atoms with Crippen molar-refractivity contribution in [2.45, 2.75) is 98.3 Å². The lowest BCUT2D eigenvalue weighted by Crippen LogP contribution is -2.35. The minimum Gasteiger partial charge on any atom is -0.356 e. The first-order chi connectivity index (χ1) is 13.0. The Labute approximate surface area is 166 Å². The molecule has 0 aromatic carbocycles. The molecule has 0 aliphatic heterocycles. The number of carbonyl (C=O) groups excluding carboxylic acids is 3. The minimum atomic E-state index is -0.401. The highest BCUT2D eigenvalue weighted by Crippen LogP contribution is 2.21. The highest BCUT2D eigenvalue weighted by molar-refractivity contribution is 5.88. The van der Waals surface area contributed by atoms with E-state index >= 15 is 0 Å². The van der Waals surface area contributed by atoms with Crippen LogP contribution in [0.1, 0.15) is 98.3 Å². The van der Waals surface area contributed by atoms with E-state index in [-0.39, 0.29) is 29.9 Å². The van der Waals surface area contributed by atoms with Crippen LogP contribution in [0.2, 0.25) is 0 Å². The summed E-state index contributed by atoms with van der Waals surface area (Å²) in [6.07, 6.45) is 8.75. The van der Waals surface area contributed by atoms with Gasteiger partial charge >= 0.3 is 0 Å². The van der Waals surface area contributed by atoms with Gasteiger partial charge in [-0.05, 0) is 32.1 Å². The van der Waals surface area contributed by atoms with E-state index in [1.165, 1.54) is 0 Å². The highest BCUT2D eigenvalue weighted by atomic mass is 16.2. The molecule has 0 bridgehead atoms. The second kappa shape index (κ2) is 16.8. The van der Waals surface area contributed by atoms with E-state index < -0.39 is 5.92 Å². The fourth-order valence-corrected chi connectivity index (χ4v) is 3.11. The van der Waals surface area contributed by atoms with Crippen LogP contribution >= 0.6 is 0 Å². The van der Waals surface area contributed by atoms with Gasteiger partial charge in [-0.1, -0.05) is 53.4 Å². The Morgan fingerprint density at radius 3 is 1.89 bits per heavy atom. The Morgan fingerprint density at radius 2 is 1.33 bits per heavy atom. The molecule has 0 heterocycles. The Bertz CT molecular complexity index is 424. The van der Waals surface area contributed by atoms with Crippen LogP contribution in [0.5, 0.6) is 0 Å². The predicted molar refractivity (Wildman–Crippen MR) is 111 cm³/mol. The summed E-state index contributed by atoms with van der Waals surface area (Å²) >= 11 is 0. The van der Waals surface area contributed by atoms with Crippen LogP contribution in [0, 0.1) is 11.8 Å². The van der Waals surface area contributed by atoms with Gasteiger partial charge in [-0.3, -0.25) is 14.4 Å². The minimum absolute atomic E-state index is 0.0275. The summed E-state index contributed by atoms with van der Waals surface area (Å²) in [5, 5.41) is 5.83. The molecule has 0 aliphatic carbocycles. The predicted octanol–water partition coefficient (Wildman–Crippen LogP) is 4.39. The van der Waals surface area contributed by atoms with Crippen LogP contribution < -0.4 is 10.6 Å². The monoisotopic (exact) mass is 382 g/mol. The third kappa shape index (κ3) is 12.6. The van der Waals surface area contributed by atoms with Gasteiger partial charge in [0.25, 0.3) is 0 Å². The molecule has 2 atom stereocenters. The molecule has 27 heavy (non-hydrogen) atoms. The third-order valence-corrected chi connectivity index (χ3v) is 5.07. The molecule has 0 aromatic heterocycles. The van der Waals surface area contributed by atoms with Crippen LogP contribution in [-0.2, 0) is 14.4 Å². The number of carbonyl (C=O) groups is 3. The van der Waals surface area contributed by atoms with Crippen molar-refractivity contribution < 1.29 is 14.4 Å². The quantitative estimate of drug-likeness (QED) is 0.366. The molecule has 158 valence electrons.